The lowest BCUT2D eigenvalue weighted by Crippen LogP contribution is -2.29. The van der Waals surface area contributed by atoms with Crippen molar-refractivity contribution in [2.75, 3.05) is 32.3 Å². The normalized spacial score (nSPS) is 18.1. The van der Waals surface area contributed by atoms with Gasteiger partial charge < -0.3 is 24.1 Å². The third kappa shape index (κ3) is 4.16. The monoisotopic (exact) mass is 522 g/mol. The minimum atomic E-state index is -1.02. The van der Waals surface area contributed by atoms with Gasteiger partial charge in [-0.15, -0.1) is 0 Å². The molecular formula is C26H22N2O8S. The first-order valence-electron chi connectivity index (χ1n) is 11.2. The van der Waals surface area contributed by atoms with Crippen LogP contribution in [0, 0.1) is 6.92 Å². The summed E-state index contributed by atoms with van der Waals surface area (Å²) in [5.41, 5.74) is 1.05. The van der Waals surface area contributed by atoms with Crippen LogP contribution in [0.5, 0.6) is 17.2 Å². The van der Waals surface area contributed by atoms with Crippen LogP contribution in [-0.4, -0.2) is 55.2 Å². The second kappa shape index (κ2) is 9.58. The van der Waals surface area contributed by atoms with Gasteiger partial charge in [0.2, 0.25) is 0 Å². The van der Waals surface area contributed by atoms with Gasteiger partial charge in [-0.3, -0.25) is 14.5 Å². The highest BCUT2D eigenvalue weighted by Gasteiger charge is 2.48. The number of hydrogen-bond acceptors (Lipinski definition) is 10. The van der Waals surface area contributed by atoms with E-state index >= 15 is 0 Å². The Balaban J connectivity index is 1.68. The number of rotatable bonds is 5. The highest BCUT2D eigenvalue weighted by molar-refractivity contribution is 7.17. The summed E-state index contributed by atoms with van der Waals surface area (Å²) in [7, 11) is 2.77. The van der Waals surface area contributed by atoms with E-state index in [1.54, 1.807) is 49.4 Å². The molecule has 0 spiro atoms. The number of ketones is 1. The highest BCUT2D eigenvalue weighted by Crippen LogP contribution is 2.45. The number of nitrogens with zero attached hydrogens (tertiary/aromatic N) is 2. The van der Waals surface area contributed by atoms with Crippen LogP contribution in [0.1, 0.15) is 32.5 Å². The van der Waals surface area contributed by atoms with E-state index < -0.39 is 23.7 Å². The van der Waals surface area contributed by atoms with Crippen LogP contribution in [0.2, 0.25) is 0 Å². The lowest BCUT2D eigenvalue weighted by molar-refractivity contribution is -0.132. The minimum Gasteiger partial charge on any atom is -0.507 e. The molecule has 1 saturated heterocycles. The molecule has 10 nitrogen and oxygen atoms in total. The van der Waals surface area contributed by atoms with Crippen molar-refractivity contribution >= 4 is 39.9 Å². The number of fused-ring (bicyclic) bond motifs is 1. The maximum absolute atomic E-state index is 13.4. The number of anilines is 1. The Morgan fingerprint density at radius 3 is 2.46 bits per heavy atom. The Bertz CT molecular complexity index is 1440. The topological polar surface area (TPSA) is 124 Å². The Labute approximate surface area is 215 Å². The molecular weight excluding hydrogens is 500 g/mol. The maximum atomic E-state index is 13.4. The molecule has 0 bridgehead atoms. The molecule has 2 aliphatic rings. The molecule has 37 heavy (non-hydrogen) atoms. The molecule has 1 aromatic heterocycles. The summed E-state index contributed by atoms with van der Waals surface area (Å²) in [5, 5.41) is 11.5. The van der Waals surface area contributed by atoms with Crippen molar-refractivity contribution in [3.05, 3.63) is 69.7 Å². The van der Waals surface area contributed by atoms with Crippen molar-refractivity contribution in [1.29, 1.82) is 0 Å². The summed E-state index contributed by atoms with van der Waals surface area (Å²) in [6, 6.07) is 10.5. The Morgan fingerprint density at radius 2 is 1.78 bits per heavy atom. The van der Waals surface area contributed by atoms with Crippen molar-refractivity contribution in [2.24, 2.45) is 0 Å². The number of hydrogen-bond donors (Lipinski definition) is 1. The fourth-order valence-electron chi connectivity index (χ4n) is 4.24. The zero-order valence-corrected chi connectivity index (χ0v) is 21.0. The van der Waals surface area contributed by atoms with E-state index in [-0.39, 0.29) is 26.9 Å². The van der Waals surface area contributed by atoms with Gasteiger partial charge in [-0.1, -0.05) is 23.5 Å². The summed E-state index contributed by atoms with van der Waals surface area (Å²) >= 11 is 0.931. The number of ether oxygens (including phenoxy) is 4. The number of amides is 1. The quantitative estimate of drug-likeness (QED) is 0.231. The van der Waals surface area contributed by atoms with Crippen LogP contribution in [0.4, 0.5) is 5.13 Å². The van der Waals surface area contributed by atoms with E-state index in [9.17, 15) is 19.5 Å². The number of carbonyl (C=O) groups excluding carboxylic acids is 3. The van der Waals surface area contributed by atoms with E-state index in [0.29, 0.717) is 41.7 Å². The number of aliphatic hydroxyl groups excluding tert-OH is 1. The zero-order valence-electron chi connectivity index (χ0n) is 20.1. The molecule has 0 unspecified atom stereocenters. The number of esters is 1. The minimum absolute atomic E-state index is 0.126. The van der Waals surface area contributed by atoms with Gasteiger partial charge in [-0.25, -0.2) is 9.78 Å². The average molecular weight is 523 g/mol. The summed E-state index contributed by atoms with van der Waals surface area (Å²) in [5.74, 6) is -1.24. The summed E-state index contributed by atoms with van der Waals surface area (Å²) < 4.78 is 21.2. The first kappa shape index (κ1) is 24.3. The molecule has 1 atom stereocenters. The number of aryl methyl sites for hydroxylation is 1. The van der Waals surface area contributed by atoms with Crippen LogP contribution < -0.4 is 19.1 Å². The van der Waals surface area contributed by atoms with Crippen molar-refractivity contribution in [3.8, 4) is 17.2 Å². The van der Waals surface area contributed by atoms with Crippen LogP contribution in [0.15, 0.2) is 48.0 Å². The number of Topliss-reactive ketones (excluding diaryl/α,β-unsaturated/α-hetero) is 1. The van der Waals surface area contributed by atoms with Crippen molar-refractivity contribution in [1.82, 2.24) is 4.98 Å². The molecule has 11 heteroatoms. The van der Waals surface area contributed by atoms with Crippen molar-refractivity contribution in [3.63, 3.8) is 0 Å². The van der Waals surface area contributed by atoms with Gasteiger partial charge in [-0.2, -0.15) is 0 Å². The Morgan fingerprint density at radius 1 is 1.08 bits per heavy atom. The van der Waals surface area contributed by atoms with Gasteiger partial charge in [0.1, 0.15) is 29.6 Å². The summed E-state index contributed by atoms with van der Waals surface area (Å²) in [6.45, 7) is 2.36. The van der Waals surface area contributed by atoms with Gasteiger partial charge >= 0.3 is 11.9 Å². The highest BCUT2D eigenvalue weighted by atomic mass is 32.1. The third-order valence-corrected chi connectivity index (χ3v) is 7.19. The smallest absolute Gasteiger partial charge is 0.350 e. The van der Waals surface area contributed by atoms with Crippen molar-refractivity contribution in [2.45, 2.75) is 13.0 Å². The molecule has 190 valence electrons. The van der Waals surface area contributed by atoms with E-state index in [4.69, 9.17) is 18.9 Å². The molecule has 2 aromatic carbocycles. The first-order chi connectivity index (χ1) is 17.8. The lowest BCUT2D eigenvalue weighted by atomic mass is 9.95. The van der Waals surface area contributed by atoms with E-state index in [2.05, 4.69) is 4.98 Å². The second-order valence-corrected chi connectivity index (χ2v) is 9.18. The van der Waals surface area contributed by atoms with E-state index in [1.165, 1.54) is 19.1 Å². The molecule has 0 saturated carbocycles. The largest absolute Gasteiger partial charge is 0.507 e. The molecule has 0 aliphatic carbocycles. The molecule has 3 aromatic rings. The summed E-state index contributed by atoms with van der Waals surface area (Å²) in [6.07, 6.45) is 0. The molecule has 0 radical (unpaired) electrons. The van der Waals surface area contributed by atoms with Gasteiger partial charge in [0.15, 0.2) is 16.6 Å². The number of aromatic nitrogens is 1. The maximum Gasteiger partial charge on any atom is 0.350 e. The van der Waals surface area contributed by atoms with E-state index in [0.717, 1.165) is 11.3 Å². The number of thiazole rings is 1. The number of benzene rings is 2. The van der Waals surface area contributed by atoms with Crippen LogP contribution in [0.3, 0.4) is 0 Å². The predicted octanol–water partition coefficient (Wildman–Crippen LogP) is 3.64. The van der Waals surface area contributed by atoms with Gasteiger partial charge in [-0.05, 0) is 42.8 Å². The fourth-order valence-corrected chi connectivity index (χ4v) is 5.26. The van der Waals surface area contributed by atoms with Crippen LogP contribution >= 0.6 is 11.3 Å². The standard InChI is InChI=1S/C26H22N2O8S/c1-13-23(25(32)34-3)37-26(27-13)28-20(14-4-7-16(33-2)8-5-14)19(22(30)24(28)31)21(29)15-6-9-17-18(12-15)36-11-10-35-17/h4-9,12,20,29H,10-11H2,1-3H3/t20-/m0/s1. The number of aliphatic hydroxyl groups is 1. The van der Waals surface area contributed by atoms with Crippen LogP contribution in [0.25, 0.3) is 5.76 Å². The van der Waals surface area contributed by atoms with Gasteiger partial charge in [0.05, 0.1) is 31.5 Å². The van der Waals surface area contributed by atoms with Gasteiger partial charge in [0.25, 0.3) is 5.78 Å². The average Bonchev–Trinajstić information content (AvgIpc) is 3.43. The fraction of sp³-hybridized carbons (Fsp3) is 0.231. The SMILES string of the molecule is COC(=O)c1sc(N2C(=O)C(=O)C(=C(O)c3ccc4c(c3)OCCO4)[C@@H]2c2ccc(OC)cc2)nc1C. The predicted molar refractivity (Wildman–Crippen MR) is 133 cm³/mol. The van der Waals surface area contributed by atoms with E-state index in [1.807, 2.05) is 0 Å². The Kier molecular flexibility index (Phi) is 6.30. The third-order valence-electron chi connectivity index (χ3n) is 6.05. The molecule has 5 rings (SSSR count). The van der Waals surface area contributed by atoms with Crippen LogP contribution in [-0.2, 0) is 14.3 Å². The zero-order chi connectivity index (χ0) is 26.3. The second-order valence-electron chi connectivity index (χ2n) is 8.20. The molecule has 2 aliphatic heterocycles. The molecule has 1 N–H and O–H groups in total. The molecule has 3 heterocycles. The van der Waals surface area contributed by atoms with Crippen molar-refractivity contribution < 1.29 is 38.4 Å². The Hall–Kier alpha value is -4.38. The van der Waals surface area contributed by atoms with Gasteiger partial charge in [0, 0.05) is 5.56 Å². The molecule has 1 amide bonds. The summed E-state index contributed by atoms with van der Waals surface area (Å²) in [4.78, 5) is 44.7. The first-order valence-corrected chi connectivity index (χ1v) is 12.1. The molecule has 1 fully saturated rings. The number of carbonyl (C=O) groups is 3. The number of methoxy groups -OCH3 is 2. The lowest BCUT2D eigenvalue weighted by Gasteiger charge is -2.23.